The van der Waals surface area contributed by atoms with Crippen molar-refractivity contribution in [2.75, 3.05) is 6.61 Å². The van der Waals surface area contributed by atoms with Crippen LogP contribution in [0.2, 0.25) is 0 Å². The van der Waals surface area contributed by atoms with Crippen molar-refractivity contribution in [1.82, 2.24) is 0 Å². The zero-order valence-electron chi connectivity index (χ0n) is 7.87. The van der Waals surface area contributed by atoms with Crippen LogP contribution in [0.25, 0.3) is 0 Å². The van der Waals surface area contributed by atoms with E-state index in [-0.39, 0.29) is 5.56 Å². The zero-order valence-corrected chi connectivity index (χ0v) is 7.87. The fourth-order valence-corrected chi connectivity index (χ4v) is 0.909. The predicted molar refractivity (Wildman–Crippen MR) is 54.6 cm³/mol. The molecule has 0 aromatic heterocycles. The van der Waals surface area contributed by atoms with E-state index in [2.05, 4.69) is 4.99 Å². The van der Waals surface area contributed by atoms with Crippen LogP contribution in [0.3, 0.4) is 0 Å². The molecule has 5 heteroatoms. The quantitative estimate of drug-likeness (QED) is 0.627. The van der Waals surface area contributed by atoms with Crippen LogP contribution in [0.5, 0.6) is 0 Å². The Balaban J connectivity index is 2.72. The highest BCUT2D eigenvalue weighted by atomic mass is 16.4. The molecule has 0 saturated carbocycles. The Bertz CT molecular complexity index is 358. The number of hydrogen-bond acceptors (Lipinski definition) is 4. The SMILES string of the molecule is O=C(O)c1ccc(N=CC(O)CO)cc1. The van der Waals surface area contributed by atoms with Crippen LogP contribution in [0, 0.1) is 0 Å². The molecule has 1 unspecified atom stereocenters. The highest BCUT2D eigenvalue weighted by molar-refractivity contribution is 5.88. The van der Waals surface area contributed by atoms with E-state index in [4.69, 9.17) is 15.3 Å². The van der Waals surface area contributed by atoms with E-state index in [0.717, 1.165) is 0 Å². The van der Waals surface area contributed by atoms with Crippen LogP contribution in [0.15, 0.2) is 29.3 Å². The number of nitrogens with zero attached hydrogens (tertiary/aromatic N) is 1. The largest absolute Gasteiger partial charge is 0.478 e. The lowest BCUT2D eigenvalue weighted by atomic mass is 10.2. The fourth-order valence-electron chi connectivity index (χ4n) is 0.909. The van der Waals surface area contributed by atoms with E-state index >= 15 is 0 Å². The molecule has 1 atom stereocenters. The third-order valence-electron chi connectivity index (χ3n) is 1.70. The lowest BCUT2D eigenvalue weighted by molar-refractivity contribution is 0.0697. The van der Waals surface area contributed by atoms with Gasteiger partial charge in [0.05, 0.1) is 17.9 Å². The monoisotopic (exact) mass is 209 g/mol. The molecule has 3 N–H and O–H groups in total. The Kier molecular flexibility index (Phi) is 3.96. The maximum Gasteiger partial charge on any atom is 0.335 e. The first-order valence-corrected chi connectivity index (χ1v) is 4.30. The number of carbonyl (C=O) groups is 1. The molecular formula is C10H11NO4. The number of aromatic carboxylic acids is 1. The van der Waals surface area contributed by atoms with Gasteiger partial charge in [0.2, 0.25) is 0 Å². The minimum absolute atomic E-state index is 0.177. The average Bonchev–Trinajstić information content (AvgIpc) is 2.26. The maximum atomic E-state index is 10.5. The molecular weight excluding hydrogens is 198 g/mol. The molecule has 0 aliphatic carbocycles. The van der Waals surface area contributed by atoms with E-state index in [0.29, 0.717) is 5.69 Å². The van der Waals surface area contributed by atoms with Gasteiger partial charge in [0.25, 0.3) is 0 Å². The summed E-state index contributed by atoms with van der Waals surface area (Å²) in [4.78, 5) is 14.4. The molecule has 0 saturated heterocycles. The molecule has 1 aromatic carbocycles. The van der Waals surface area contributed by atoms with Gasteiger partial charge in [0.15, 0.2) is 0 Å². The van der Waals surface area contributed by atoms with E-state index < -0.39 is 18.7 Å². The number of carboxylic acid groups (broad SMARTS) is 1. The number of benzene rings is 1. The van der Waals surface area contributed by atoms with Gasteiger partial charge in [-0.25, -0.2) is 4.79 Å². The number of hydrogen-bond donors (Lipinski definition) is 3. The number of aliphatic hydroxyl groups is 2. The van der Waals surface area contributed by atoms with Crippen molar-refractivity contribution in [1.29, 1.82) is 0 Å². The normalized spacial score (nSPS) is 12.9. The van der Waals surface area contributed by atoms with Gasteiger partial charge in [-0.05, 0) is 24.3 Å². The summed E-state index contributed by atoms with van der Waals surface area (Å²) in [5.41, 5.74) is 0.698. The van der Waals surface area contributed by atoms with Crippen LogP contribution < -0.4 is 0 Å². The van der Waals surface area contributed by atoms with Crippen molar-refractivity contribution in [3.05, 3.63) is 29.8 Å². The highest BCUT2D eigenvalue weighted by Gasteiger charge is 2.01. The molecule has 0 bridgehead atoms. The first-order chi connectivity index (χ1) is 7.13. The molecule has 15 heavy (non-hydrogen) atoms. The lowest BCUT2D eigenvalue weighted by Crippen LogP contribution is -2.12. The molecule has 0 radical (unpaired) electrons. The van der Waals surface area contributed by atoms with Gasteiger partial charge in [-0.2, -0.15) is 0 Å². The molecule has 5 nitrogen and oxygen atoms in total. The molecule has 0 aliphatic rings. The molecule has 80 valence electrons. The van der Waals surface area contributed by atoms with Crippen molar-refractivity contribution in [3.63, 3.8) is 0 Å². The second-order valence-corrected chi connectivity index (χ2v) is 2.88. The molecule has 0 amide bonds. The second-order valence-electron chi connectivity index (χ2n) is 2.88. The van der Waals surface area contributed by atoms with Crippen LogP contribution in [-0.4, -0.2) is 40.2 Å². The van der Waals surface area contributed by atoms with Gasteiger partial charge in [0, 0.05) is 6.21 Å². The van der Waals surface area contributed by atoms with Crippen molar-refractivity contribution < 1.29 is 20.1 Å². The van der Waals surface area contributed by atoms with Crippen LogP contribution in [0.4, 0.5) is 5.69 Å². The van der Waals surface area contributed by atoms with E-state index in [1.807, 2.05) is 0 Å². The highest BCUT2D eigenvalue weighted by Crippen LogP contribution is 2.12. The summed E-state index contributed by atoms with van der Waals surface area (Å²) in [5, 5.41) is 26.1. The summed E-state index contributed by atoms with van der Waals surface area (Å²) in [6, 6.07) is 5.87. The van der Waals surface area contributed by atoms with Gasteiger partial charge in [0.1, 0.15) is 6.10 Å². The number of aliphatic imine (C=N–C) groups is 1. The van der Waals surface area contributed by atoms with Crippen LogP contribution in [0.1, 0.15) is 10.4 Å². The third kappa shape index (κ3) is 3.49. The molecule has 0 aliphatic heterocycles. The van der Waals surface area contributed by atoms with Crippen LogP contribution in [-0.2, 0) is 0 Å². The standard InChI is InChI=1S/C10H11NO4/c12-6-9(13)5-11-8-3-1-7(2-4-8)10(14)15/h1-5,9,12-13H,6H2,(H,14,15). The van der Waals surface area contributed by atoms with E-state index in [1.54, 1.807) is 0 Å². The zero-order chi connectivity index (χ0) is 11.3. The minimum Gasteiger partial charge on any atom is -0.478 e. The minimum atomic E-state index is -0.999. The first-order valence-electron chi connectivity index (χ1n) is 4.30. The predicted octanol–water partition coefficient (Wildman–Crippen LogP) is 0.440. The fraction of sp³-hybridized carbons (Fsp3) is 0.200. The third-order valence-corrected chi connectivity index (χ3v) is 1.70. The second kappa shape index (κ2) is 5.23. The Morgan fingerprint density at radius 2 is 2.00 bits per heavy atom. The Hall–Kier alpha value is -1.72. The smallest absolute Gasteiger partial charge is 0.335 e. The van der Waals surface area contributed by atoms with Gasteiger partial charge >= 0.3 is 5.97 Å². The van der Waals surface area contributed by atoms with Crippen molar-refractivity contribution >= 4 is 17.9 Å². The van der Waals surface area contributed by atoms with Crippen molar-refractivity contribution in [2.24, 2.45) is 4.99 Å². The Labute approximate surface area is 86.3 Å². The molecule has 1 rings (SSSR count). The Morgan fingerprint density at radius 1 is 1.40 bits per heavy atom. The molecule has 0 fully saturated rings. The van der Waals surface area contributed by atoms with Gasteiger partial charge in [-0.15, -0.1) is 0 Å². The van der Waals surface area contributed by atoms with Gasteiger partial charge in [-0.3, -0.25) is 4.99 Å². The number of carboxylic acids is 1. The Morgan fingerprint density at radius 3 is 2.47 bits per heavy atom. The summed E-state index contributed by atoms with van der Waals surface area (Å²) in [6.07, 6.45) is 0.194. The lowest BCUT2D eigenvalue weighted by Gasteiger charge is -1.98. The van der Waals surface area contributed by atoms with Crippen LogP contribution >= 0.6 is 0 Å². The number of rotatable bonds is 4. The van der Waals surface area contributed by atoms with Gasteiger partial charge < -0.3 is 15.3 Å². The summed E-state index contributed by atoms with van der Waals surface area (Å²) in [7, 11) is 0. The van der Waals surface area contributed by atoms with E-state index in [1.165, 1.54) is 30.5 Å². The molecule has 0 spiro atoms. The summed E-state index contributed by atoms with van der Waals surface area (Å²) in [6.45, 7) is -0.392. The van der Waals surface area contributed by atoms with E-state index in [9.17, 15) is 4.79 Å². The average molecular weight is 209 g/mol. The molecule has 1 aromatic rings. The first kappa shape index (κ1) is 11.4. The summed E-state index contributed by atoms with van der Waals surface area (Å²) < 4.78 is 0. The van der Waals surface area contributed by atoms with Gasteiger partial charge in [-0.1, -0.05) is 0 Å². The van der Waals surface area contributed by atoms with Crippen molar-refractivity contribution in [2.45, 2.75) is 6.10 Å². The maximum absolute atomic E-state index is 10.5. The summed E-state index contributed by atoms with van der Waals surface area (Å²) >= 11 is 0. The summed E-state index contributed by atoms with van der Waals surface area (Å²) in [5.74, 6) is -0.999. The van der Waals surface area contributed by atoms with Crippen molar-refractivity contribution in [3.8, 4) is 0 Å². The number of aliphatic hydroxyl groups excluding tert-OH is 2. The topological polar surface area (TPSA) is 90.1 Å². The molecule has 0 heterocycles.